The van der Waals surface area contributed by atoms with Gasteiger partial charge in [0.2, 0.25) is 0 Å². The van der Waals surface area contributed by atoms with Crippen LogP contribution in [0.5, 0.6) is 0 Å². The molecule has 32 heavy (non-hydrogen) atoms. The van der Waals surface area contributed by atoms with E-state index in [-0.39, 0.29) is 17.9 Å². The third kappa shape index (κ3) is 4.02. The van der Waals surface area contributed by atoms with Crippen molar-refractivity contribution in [2.75, 3.05) is 25.5 Å². The van der Waals surface area contributed by atoms with Crippen LogP contribution >= 0.6 is 11.6 Å². The molecule has 0 spiro atoms. The molecule has 3 heterocycles. The Hall–Kier alpha value is -3.13. The topological polar surface area (TPSA) is 100 Å². The summed E-state index contributed by atoms with van der Waals surface area (Å²) in [5.41, 5.74) is 3.35. The fourth-order valence-corrected chi connectivity index (χ4v) is 4.39. The van der Waals surface area contributed by atoms with Gasteiger partial charge in [-0.3, -0.25) is 4.79 Å². The molecule has 1 aliphatic heterocycles. The maximum absolute atomic E-state index is 12.6. The van der Waals surface area contributed by atoms with Gasteiger partial charge >= 0.3 is 6.03 Å². The van der Waals surface area contributed by atoms with Crippen LogP contribution in [0.2, 0.25) is 5.02 Å². The van der Waals surface area contributed by atoms with Gasteiger partial charge in [0.05, 0.1) is 16.6 Å². The van der Waals surface area contributed by atoms with Crippen LogP contribution < -0.4 is 10.6 Å². The number of likely N-dealkylation sites (tertiary alicyclic amines) is 1. The SMILES string of the molecule is CNC(=O)c1cc(C2CC2)nc2onc(C3CCN(C(=O)Nc4ccc(Cl)cc4)CC3)c12. The normalized spacial score (nSPS) is 16.9. The van der Waals surface area contributed by atoms with Crippen molar-refractivity contribution < 1.29 is 14.1 Å². The Balaban J connectivity index is 1.33. The van der Waals surface area contributed by atoms with Gasteiger partial charge in [0.25, 0.3) is 11.6 Å². The van der Waals surface area contributed by atoms with Crippen molar-refractivity contribution in [3.63, 3.8) is 0 Å². The van der Waals surface area contributed by atoms with E-state index in [4.69, 9.17) is 16.1 Å². The van der Waals surface area contributed by atoms with Crippen molar-refractivity contribution in [2.45, 2.75) is 37.5 Å². The molecule has 0 atom stereocenters. The van der Waals surface area contributed by atoms with Crippen molar-refractivity contribution in [3.8, 4) is 0 Å². The second-order valence-electron chi connectivity index (χ2n) is 8.39. The highest BCUT2D eigenvalue weighted by Crippen LogP contribution is 2.41. The van der Waals surface area contributed by atoms with Crippen molar-refractivity contribution in [1.29, 1.82) is 0 Å². The number of carbonyl (C=O) groups is 2. The quantitative estimate of drug-likeness (QED) is 0.604. The number of hydrogen-bond donors (Lipinski definition) is 2. The molecule has 2 aliphatic rings. The summed E-state index contributed by atoms with van der Waals surface area (Å²) in [5, 5.41) is 11.3. The number of benzene rings is 1. The first-order chi connectivity index (χ1) is 15.5. The van der Waals surface area contributed by atoms with Gasteiger partial charge in [-0.25, -0.2) is 9.78 Å². The number of pyridine rings is 1. The molecule has 5 rings (SSSR count). The van der Waals surface area contributed by atoms with Crippen molar-refractivity contribution in [2.24, 2.45) is 0 Å². The van der Waals surface area contributed by atoms with E-state index >= 15 is 0 Å². The summed E-state index contributed by atoms with van der Waals surface area (Å²) >= 11 is 5.90. The molecule has 3 amide bonds. The molecule has 1 saturated carbocycles. The summed E-state index contributed by atoms with van der Waals surface area (Å²) in [6.07, 6.45) is 3.63. The molecule has 8 nitrogen and oxygen atoms in total. The van der Waals surface area contributed by atoms with E-state index < -0.39 is 0 Å². The van der Waals surface area contributed by atoms with Crippen molar-refractivity contribution in [1.82, 2.24) is 20.4 Å². The number of aromatic nitrogens is 2. The minimum atomic E-state index is -0.163. The fraction of sp³-hybridized carbons (Fsp3) is 0.391. The first-order valence-electron chi connectivity index (χ1n) is 10.9. The van der Waals surface area contributed by atoms with Crippen molar-refractivity contribution >= 4 is 40.3 Å². The minimum Gasteiger partial charge on any atom is -0.355 e. The Kier molecular flexibility index (Phi) is 5.46. The molecule has 0 unspecified atom stereocenters. The van der Waals surface area contributed by atoms with E-state index in [9.17, 15) is 9.59 Å². The number of anilines is 1. The lowest BCUT2D eigenvalue weighted by Gasteiger charge is -2.31. The average Bonchev–Trinajstić information content (AvgIpc) is 3.58. The predicted octanol–water partition coefficient (Wildman–Crippen LogP) is 4.52. The van der Waals surface area contributed by atoms with E-state index in [1.54, 1.807) is 36.2 Å². The number of amides is 3. The monoisotopic (exact) mass is 453 g/mol. The highest BCUT2D eigenvalue weighted by molar-refractivity contribution is 6.30. The molecule has 2 aromatic heterocycles. The highest BCUT2D eigenvalue weighted by Gasteiger charge is 2.32. The number of carbonyl (C=O) groups excluding carboxylic acids is 2. The molecule has 0 bridgehead atoms. The number of piperidine rings is 1. The van der Waals surface area contributed by atoms with Crippen LogP contribution in [0.4, 0.5) is 10.5 Å². The smallest absolute Gasteiger partial charge is 0.321 e. The van der Waals surface area contributed by atoms with E-state index in [0.29, 0.717) is 46.4 Å². The number of urea groups is 1. The number of fused-ring (bicyclic) bond motifs is 1. The van der Waals surface area contributed by atoms with Gasteiger partial charge in [-0.15, -0.1) is 0 Å². The predicted molar refractivity (Wildman–Crippen MR) is 121 cm³/mol. The van der Waals surface area contributed by atoms with Crippen LogP contribution in [0, 0.1) is 0 Å². The lowest BCUT2D eigenvalue weighted by Crippen LogP contribution is -2.40. The van der Waals surface area contributed by atoms with Crippen LogP contribution in [0.3, 0.4) is 0 Å². The van der Waals surface area contributed by atoms with Gasteiger partial charge in [0, 0.05) is 48.4 Å². The standard InChI is InChI=1S/C23H24ClN5O3/c1-25-21(30)17-12-18(13-2-3-13)27-22-19(17)20(28-32-22)14-8-10-29(11-9-14)23(31)26-16-6-4-15(24)5-7-16/h4-7,12-14H,2-3,8-11H2,1H3,(H,25,30)(H,26,31). The van der Waals surface area contributed by atoms with E-state index in [2.05, 4.69) is 20.8 Å². The lowest BCUT2D eigenvalue weighted by molar-refractivity contribution is 0.0964. The van der Waals surface area contributed by atoms with Gasteiger partial charge in [-0.05, 0) is 56.0 Å². The van der Waals surface area contributed by atoms with Crippen LogP contribution in [-0.4, -0.2) is 47.1 Å². The minimum absolute atomic E-state index is 0.0906. The van der Waals surface area contributed by atoms with Gasteiger partial charge in [-0.1, -0.05) is 16.8 Å². The number of nitrogens with zero attached hydrogens (tertiary/aromatic N) is 3. The molecular weight excluding hydrogens is 430 g/mol. The highest BCUT2D eigenvalue weighted by atomic mass is 35.5. The Labute approximate surface area is 190 Å². The Bertz CT molecular complexity index is 1160. The second-order valence-corrected chi connectivity index (χ2v) is 8.83. The van der Waals surface area contributed by atoms with Gasteiger partial charge < -0.3 is 20.1 Å². The molecule has 166 valence electrons. The maximum Gasteiger partial charge on any atom is 0.321 e. The molecule has 2 fully saturated rings. The first kappa shape index (κ1) is 20.8. The summed E-state index contributed by atoms with van der Waals surface area (Å²) in [4.78, 5) is 31.7. The van der Waals surface area contributed by atoms with E-state index in [1.807, 2.05) is 6.07 Å². The summed E-state index contributed by atoms with van der Waals surface area (Å²) in [7, 11) is 1.62. The molecule has 1 aromatic carbocycles. The third-order valence-corrected chi connectivity index (χ3v) is 6.48. The number of nitrogens with one attached hydrogen (secondary N) is 2. The zero-order valence-corrected chi connectivity index (χ0v) is 18.5. The summed E-state index contributed by atoms with van der Waals surface area (Å²) in [5.74, 6) is 0.329. The molecule has 1 saturated heterocycles. The summed E-state index contributed by atoms with van der Waals surface area (Å²) < 4.78 is 5.57. The number of hydrogen-bond acceptors (Lipinski definition) is 5. The van der Waals surface area contributed by atoms with Gasteiger partial charge in [0.15, 0.2) is 0 Å². The van der Waals surface area contributed by atoms with Gasteiger partial charge in [-0.2, -0.15) is 0 Å². The van der Waals surface area contributed by atoms with Crippen LogP contribution in [0.15, 0.2) is 34.9 Å². The van der Waals surface area contributed by atoms with E-state index in [1.165, 1.54) is 0 Å². The largest absolute Gasteiger partial charge is 0.355 e. The second kappa shape index (κ2) is 8.43. The molecule has 0 radical (unpaired) electrons. The molecule has 9 heteroatoms. The van der Waals surface area contributed by atoms with Crippen LogP contribution in [0.25, 0.3) is 11.1 Å². The van der Waals surface area contributed by atoms with E-state index in [0.717, 1.165) is 37.1 Å². The summed E-state index contributed by atoms with van der Waals surface area (Å²) in [6, 6.07) is 8.78. The zero-order chi connectivity index (χ0) is 22.2. The Morgan fingerprint density at radius 2 is 1.81 bits per heavy atom. The maximum atomic E-state index is 12.6. The molecular formula is C23H24ClN5O3. The third-order valence-electron chi connectivity index (χ3n) is 6.22. The fourth-order valence-electron chi connectivity index (χ4n) is 4.26. The van der Waals surface area contributed by atoms with Crippen molar-refractivity contribution in [3.05, 3.63) is 52.3 Å². The Morgan fingerprint density at radius 1 is 1.09 bits per heavy atom. The number of rotatable bonds is 4. The van der Waals surface area contributed by atoms with Crippen LogP contribution in [0.1, 0.15) is 59.3 Å². The molecule has 2 N–H and O–H groups in total. The zero-order valence-electron chi connectivity index (χ0n) is 17.7. The van der Waals surface area contributed by atoms with Crippen LogP contribution in [-0.2, 0) is 0 Å². The first-order valence-corrected chi connectivity index (χ1v) is 11.2. The molecule has 3 aromatic rings. The van der Waals surface area contributed by atoms with Gasteiger partial charge in [0.1, 0.15) is 0 Å². The summed E-state index contributed by atoms with van der Waals surface area (Å²) in [6.45, 7) is 1.17. The lowest BCUT2D eigenvalue weighted by atomic mass is 9.90. The average molecular weight is 454 g/mol. The number of halogens is 1. The Morgan fingerprint density at radius 3 is 2.47 bits per heavy atom. The molecule has 1 aliphatic carbocycles.